The largest absolute Gasteiger partial charge is 0.353 e. The molecule has 0 saturated heterocycles. The van der Waals surface area contributed by atoms with E-state index in [2.05, 4.69) is 12.2 Å². The van der Waals surface area contributed by atoms with Crippen molar-refractivity contribution < 1.29 is 4.79 Å². The number of carbonyl (C=O) groups is 1. The molecule has 0 heterocycles. The van der Waals surface area contributed by atoms with Crippen LogP contribution in [-0.2, 0) is 4.79 Å². The van der Waals surface area contributed by atoms with Crippen molar-refractivity contribution >= 4 is 5.91 Å². The van der Waals surface area contributed by atoms with Crippen molar-refractivity contribution in [2.45, 2.75) is 51.5 Å². The number of rotatable bonds is 2. The molecule has 0 bridgehead atoms. The van der Waals surface area contributed by atoms with Gasteiger partial charge in [-0.25, -0.2) is 0 Å². The third-order valence-corrected chi connectivity index (χ3v) is 3.31. The van der Waals surface area contributed by atoms with Crippen LogP contribution in [0, 0.1) is 11.8 Å². The van der Waals surface area contributed by atoms with Crippen molar-refractivity contribution in [1.82, 2.24) is 5.32 Å². The number of hydrogen-bond acceptors (Lipinski definition) is 1. The van der Waals surface area contributed by atoms with E-state index in [1.165, 1.54) is 25.7 Å². The highest BCUT2D eigenvalue weighted by Gasteiger charge is 2.29. The Kier molecular flexibility index (Phi) is 2.56. The number of nitrogens with one attached hydrogen (secondary N) is 1. The summed E-state index contributed by atoms with van der Waals surface area (Å²) in [4.78, 5) is 11.6. The third-order valence-electron chi connectivity index (χ3n) is 3.31. The molecule has 2 aliphatic rings. The second-order valence-corrected chi connectivity index (χ2v) is 4.74. The van der Waals surface area contributed by atoms with Gasteiger partial charge in [-0.3, -0.25) is 4.79 Å². The van der Waals surface area contributed by atoms with Crippen LogP contribution < -0.4 is 5.32 Å². The minimum Gasteiger partial charge on any atom is -0.353 e. The zero-order valence-corrected chi connectivity index (χ0v) is 8.38. The minimum absolute atomic E-state index is 0.328. The van der Waals surface area contributed by atoms with Crippen LogP contribution in [0.1, 0.15) is 45.4 Å². The van der Waals surface area contributed by atoms with Gasteiger partial charge in [0.15, 0.2) is 0 Å². The van der Waals surface area contributed by atoms with Gasteiger partial charge in [-0.1, -0.05) is 6.92 Å². The highest BCUT2D eigenvalue weighted by atomic mass is 16.2. The Hall–Kier alpha value is -0.530. The molecule has 0 spiro atoms. The van der Waals surface area contributed by atoms with E-state index < -0.39 is 0 Å². The summed E-state index contributed by atoms with van der Waals surface area (Å²) in [7, 11) is 0. The molecule has 0 aliphatic heterocycles. The average molecular weight is 181 g/mol. The van der Waals surface area contributed by atoms with Crippen LogP contribution in [0.2, 0.25) is 0 Å². The van der Waals surface area contributed by atoms with E-state index >= 15 is 0 Å². The topological polar surface area (TPSA) is 29.1 Å². The maximum absolute atomic E-state index is 11.6. The minimum atomic E-state index is 0.328. The molecular weight excluding hydrogens is 162 g/mol. The molecule has 2 fully saturated rings. The van der Waals surface area contributed by atoms with Crippen LogP contribution in [0.3, 0.4) is 0 Å². The fourth-order valence-corrected chi connectivity index (χ4v) is 2.07. The van der Waals surface area contributed by atoms with Crippen molar-refractivity contribution in [3.63, 3.8) is 0 Å². The molecule has 2 saturated carbocycles. The van der Waals surface area contributed by atoms with E-state index in [1.807, 2.05) is 0 Å². The SMILES string of the molecule is C[C@H]1CC[C@H](C(=O)NC2CC2)CC1. The maximum atomic E-state index is 11.6. The van der Waals surface area contributed by atoms with E-state index in [4.69, 9.17) is 0 Å². The summed E-state index contributed by atoms with van der Waals surface area (Å²) in [6.45, 7) is 2.29. The molecular formula is C11H19NO. The number of amides is 1. The molecule has 1 amide bonds. The molecule has 0 atom stereocenters. The van der Waals surface area contributed by atoms with Crippen LogP contribution in [0.15, 0.2) is 0 Å². The Morgan fingerprint density at radius 1 is 1.08 bits per heavy atom. The van der Waals surface area contributed by atoms with Gasteiger partial charge in [0.1, 0.15) is 0 Å². The summed E-state index contributed by atoms with van der Waals surface area (Å²) in [5.74, 6) is 1.50. The monoisotopic (exact) mass is 181 g/mol. The molecule has 2 aliphatic carbocycles. The summed E-state index contributed by atoms with van der Waals surface area (Å²) in [6.07, 6.45) is 7.11. The van der Waals surface area contributed by atoms with Gasteiger partial charge in [-0.15, -0.1) is 0 Å². The standard InChI is InChI=1S/C11H19NO/c1-8-2-4-9(5-3-8)11(13)12-10-6-7-10/h8-10H,2-7H2,1H3,(H,12,13)/t8-,9-. The Balaban J connectivity index is 1.75. The van der Waals surface area contributed by atoms with Gasteiger partial charge < -0.3 is 5.32 Å². The van der Waals surface area contributed by atoms with Crippen LogP contribution >= 0.6 is 0 Å². The molecule has 2 nitrogen and oxygen atoms in total. The molecule has 2 heteroatoms. The molecule has 13 heavy (non-hydrogen) atoms. The summed E-state index contributed by atoms with van der Waals surface area (Å²) >= 11 is 0. The van der Waals surface area contributed by atoms with Crippen molar-refractivity contribution in [2.75, 3.05) is 0 Å². The first-order valence-electron chi connectivity index (χ1n) is 5.56. The zero-order valence-electron chi connectivity index (χ0n) is 8.38. The van der Waals surface area contributed by atoms with Gasteiger partial charge in [-0.05, 0) is 44.4 Å². The quantitative estimate of drug-likeness (QED) is 0.694. The third kappa shape index (κ3) is 2.45. The molecule has 0 aromatic heterocycles. The Morgan fingerprint density at radius 2 is 1.69 bits per heavy atom. The average Bonchev–Trinajstić information content (AvgIpc) is 2.89. The van der Waals surface area contributed by atoms with Crippen LogP contribution in [0.25, 0.3) is 0 Å². The summed E-state index contributed by atoms with van der Waals surface area (Å²) in [6, 6.07) is 0.534. The van der Waals surface area contributed by atoms with Gasteiger partial charge in [0.25, 0.3) is 0 Å². The molecule has 0 radical (unpaired) electrons. The van der Waals surface area contributed by atoms with E-state index in [-0.39, 0.29) is 0 Å². The van der Waals surface area contributed by atoms with Gasteiger partial charge in [0.2, 0.25) is 5.91 Å². The Morgan fingerprint density at radius 3 is 2.23 bits per heavy atom. The molecule has 2 rings (SSSR count). The van der Waals surface area contributed by atoms with Gasteiger partial charge in [0.05, 0.1) is 0 Å². The first-order valence-corrected chi connectivity index (χ1v) is 5.56. The molecule has 0 aromatic carbocycles. The number of carbonyl (C=O) groups excluding carboxylic acids is 1. The summed E-state index contributed by atoms with van der Waals surface area (Å²) in [5.41, 5.74) is 0. The molecule has 0 unspecified atom stereocenters. The van der Waals surface area contributed by atoms with Crippen LogP contribution in [0.5, 0.6) is 0 Å². The Labute approximate surface area is 80.1 Å². The molecule has 1 N–H and O–H groups in total. The lowest BCUT2D eigenvalue weighted by atomic mass is 9.82. The van der Waals surface area contributed by atoms with Crippen molar-refractivity contribution in [2.24, 2.45) is 11.8 Å². The summed E-state index contributed by atoms with van der Waals surface area (Å²) < 4.78 is 0. The lowest BCUT2D eigenvalue weighted by molar-refractivity contribution is -0.126. The van der Waals surface area contributed by atoms with E-state index in [1.54, 1.807) is 0 Å². The van der Waals surface area contributed by atoms with E-state index in [0.29, 0.717) is 17.9 Å². The first kappa shape index (κ1) is 9.04. The van der Waals surface area contributed by atoms with Crippen molar-refractivity contribution in [1.29, 1.82) is 0 Å². The lowest BCUT2D eigenvalue weighted by Crippen LogP contribution is -2.34. The predicted octanol–water partition coefficient (Wildman–Crippen LogP) is 2.09. The fraction of sp³-hybridized carbons (Fsp3) is 0.909. The second-order valence-electron chi connectivity index (χ2n) is 4.74. The van der Waals surface area contributed by atoms with E-state index in [9.17, 15) is 4.79 Å². The lowest BCUT2D eigenvalue weighted by Gasteiger charge is -2.25. The Bertz CT molecular complexity index is 190. The van der Waals surface area contributed by atoms with Crippen LogP contribution in [0.4, 0.5) is 0 Å². The van der Waals surface area contributed by atoms with Crippen molar-refractivity contribution in [3.8, 4) is 0 Å². The predicted molar refractivity (Wildman–Crippen MR) is 52.3 cm³/mol. The van der Waals surface area contributed by atoms with Gasteiger partial charge in [-0.2, -0.15) is 0 Å². The highest BCUT2D eigenvalue weighted by molar-refractivity contribution is 5.79. The summed E-state index contributed by atoms with van der Waals surface area (Å²) in [5, 5.41) is 3.10. The zero-order chi connectivity index (χ0) is 9.26. The van der Waals surface area contributed by atoms with E-state index in [0.717, 1.165) is 18.8 Å². The maximum Gasteiger partial charge on any atom is 0.223 e. The molecule has 0 aromatic rings. The highest BCUT2D eigenvalue weighted by Crippen LogP contribution is 2.29. The van der Waals surface area contributed by atoms with Crippen molar-refractivity contribution in [3.05, 3.63) is 0 Å². The smallest absolute Gasteiger partial charge is 0.223 e. The first-order chi connectivity index (χ1) is 6.25. The normalized spacial score (nSPS) is 34.2. The van der Waals surface area contributed by atoms with Gasteiger partial charge in [0, 0.05) is 12.0 Å². The fourth-order valence-electron chi connectivity index (χ4n) is 2.07. The van der Waals surface area contributed by atoms with Crippen LogP contribution in [-0.4, -0.2) is 11.9 Å². The van der Waals surface area contributed by atoms with Gasteiger partial charge >= 0.3 is 0 Å². The number of hydrogen-bond donors (Lipinski definition) is 1. The molecule has 74 valence electrons. The second kappa shape index (κ2) is 3.69.